The molecular formula is C22H29N3O4. The van der Waals surface area contributed by atoms with E-state index in [-0.39, 0.29) is 5.91 Å². The zero-order valence-corrected chi connectivity index (χ0v) is 17.8. The number of methoxy groups -OCH3 is 1. The summed E-state index contributed by atoms with van der Waals surface area (Å²) in [5, 5.41) is 0. The highest BCUT2D eigenvalue weighted by Crippen LogP contribution is 2.29. The highest BCUT2D eigenvalue weighted by atomic mass is 16.5. The standard InChI is InChI=1S/C22H29N3O4/c1-6-29-22(27)20-15(2)19(16(3)23(20)4)21(26)25-13-11-24(12-14-25)17-9-7-8-10-18(17)28-5/h7-10H,6,11-14H2,1-5H3. The van der Waals surface area contributed by atoms with Crippen molar-refractivity contribution >= 4 is 17.6 Å². The molecule has 29 heavy (non-hydrogen) atoms. The number of piperazine rings is 1. The summed E-state index contributed by atoms with van der Waals surface area (Å²) in [6.45, 7) is 8.43. The van der Waals surface area contributed by atoms with Crippen molar-refractivity contribution in [1.82, 2.24) is 9.47 Å². The van der Waals surface area contributed by atoms with Gasteiger partial charge in [0.05, 0.1) is 25.0 Å². The lowest BCUT2D eigenvalue weighted by Gasteiger charge is -2.36. The second kappa shape index (κ2) is 8.59. The van der Waals surface area contributed by atoms with Crippen LogP contribution in [0.15, 0.2) is 24.3 Å². The number of carbonyl (C=O) groups is 2. The molecule has 1 aromatic carbocycles. The Morgan fingerprint density at radius 3 is 2.34 bits per heavy atom. The number of benzene rings is 1. The first-order valence-electron chi connectivity index (χ1n) is 9.90. The van der Waals surface area contributed by atoms with Gasteiger partial charge in [0.1, 0.15) is 11.4 Å². The molecule has 1 aromatic heterocycles. The van der Waals surface area contributed by atoms with Gasteiger partial charge in [-0.15, -0.1) is 0 Å². The van der Waals surface area contributed by atoms with E-state index in [0.717, 1.165) is 30.2 Å². The van der Waals surface area contributed by atoms with Gasteiger partial charge in [0.2, 0.25) is 0 Å². The molecule has 0 radical (unpaired) electrons. The molecule has 0 spiro atoms. The van der Waals surface area contributed by atoms with E-state index < -0.39 is 5.97 Å². The summed E-state index contributed by atoms with van der Waals surface area (Å²) in [7, 11) is 3.46. The molecule has 1 aliphatic heterocycles. The lowest BCUT2D eigenvalue weighted by atomic mass is 10.1. The number of anilines is 1. The van der Waals surface area contributed by atoms with Gasteiger partial charge in [-0.2, -0.15) is 0 Å². The maximum Gasteiger partial charge on any atom is 0.355 e. The lowest BCUT2D eigenvalue weighted by Crippen LogP contribution is -2.49. The van der Waals surface area contributed by atoms with Crippen molar-refractivity contribution in [2.45, 2.75) is 20.8 Å². The van der Waals surface area contributed by atoms with E-state index in [1.54, 1.807) is 25.6 Å². The van der Waals surface area contributed by atoms with Crippen LogP contribution in [-0.4, -0.2) is 61.2 Å². The molecule has 1 aliphatic rings. The lowest BCUT2D eigenvalue weighted by molar-refractivity contribution is 0.0514. The maximum atomic E-state index is 13.3. The number of rotatable bonds is 5. The first kappa shape index (κ1) is 20.8. The second-order valence-corrected chi connectivity index (χ2v) is 7.16. The van der Waals surface area contributed by atoms with Crippen LogP contribution in [-0.2, 0) is 11.8 Å². The van der Waals surface area contributed by atoms with Crippen LogP contribution < -0.4 is 9.64 Å². The van der Waals surface area contributed by atoms with Gasteiger partial charge in [-0.25, -0.2) is 4.79 Å². The quantitative estimate of drug-likeness (QED) is 0.724. The third kappa shape index (κ3) is 3.81. The molecule has 0 unspecified atom stereocenters. The Kier molecular flexibility index (Phi) is 6.15. The Labute approximate surface area is 171 Å². The van der Waals surface area contributed by atoms with E-state index in [9.17, 15) is 9.59 Å². The van der Waals surface area contributed by atoms with Crippen LogP contribution in [0.5, 0.6) is 5.75 Å². The molecule has 0 aliphatic carbocycles. The number of para-hydroxylation sites is 2. The SMILES string of the molecule is CCOC(=O)c1c(C)c(C(=O)N2CCN(c3ccccc3OC)CC2)c(C)n1C. The summed E-state index contributed by atoms with van der Waals surface area (Å²) in [4.78, 5) is 29.7. The minimum atomic E-state index is -0.393. The molecule has 0 saturated carbocycles. The number of nitrogens with zero attached hydrogens (tertiary/aromatic N) is 3. The highest BCUT2D eigenvalue weighted by molar-refractivity contribution is 6.01. The van der Waals surface area contributed by atoms with Gasteiger partial charge in [0, 0.05) is 38.9 Å². The van der Waals surface area contributed by atoms with E-state index in [0.29, 0.717) is 36.5 Å². The van der Waals surface area contributed by atoms with Crippen LogP contribution in [0, 0.1) is 13.8 Å². The molecule has 1 saturated heterocycles. The molecule has 1 fully saturated rings. The van der Waals surface area contributed by atoms with Gasteiger partial charge in [0.15, 0.2) is 0 Å². The third-order valence-corrected chi connectivity index (χ3v) is 5.61. The average Bonchev–Trinajstić information content (AvgIpc) is 2.96. The van der Waals surface area contributed by atoms with E-state index in [4.69, 9.17) is 9.47 Å². The summed E-state index contributed by atoms with van der Waals surface area (Å²) < 4.78 is 12.4. The summed E-state index contributed by atoms with van der Waals surface area (Å²) in [5.41, 5.74) is 3.55. The molecule has 2 aromatic rings. The van der Waals surface area contributed by atoms with Crippen LogP contribution in [0.4, 0.5) is 5.69 Å². The van der Waals surface area contributed by atoms with Crippen molar-refractivity contribution in [3.05, 3.63) is 46.8 Å². The summed E-state index contributed by atoms with van der Waals surface area (Å²) >= 11 is 0. The predicted octanol–water partition coefficient (Wildman–Crippen LogP) is 2.79. The summed E-state index contributed by atoms with van der Waals surface area (Å²) in [6, 6.07) is 7.92. The molecule has 0 N–H and O–H groups in total. The minimum Gasteiger partial charge on any atom is -0.495 e. The summed E-state index contributed by atoms with van der Waals surface area (Å²) in [6.07, 6.45) is 0. The normalized spacial score (nSPS) is 14.1. The predicted molar refractivity (Wildman–Crippen MR) is 112 cm³/mol. The number of carbonyl (C=O) groups excluding carboxylic acids is 2. The zero-order valence-electron chi connectivity index (χ0n) is 17.8. The Balaban J connectivity index is 1.78. The Hall–Kier alpha value is -2.96. The van der Waals surface area contributed by atoms with Crippen LogP contribution in [0.3, 0.4) is 0 Å². The van der Waals surface area contributed by atoms with E-state index in [2.05, 4.69) is 4.90 Å². The highest BCUT2D eigenvalue weighted by Gasteiger charge is 2.30. The Morgan fingerprint density at radius 2 is 1.72 bits per heavy atom. The van der Waals surface area contributed by atoms with E-state index in [1.165, 1.54) is 0 Å². The molecule has 0 atom stereocenters. The fourth-order valence-corrected chi connectivity index (χ4v) is 3.98. The number of amides is 1. The Bertz CT molecular complexity index is 911. The molecule has 156 valence electrons. The van der Waals surface area contributed by atoms with Crippen molar-refractivity contribution < 1.29 is 19.1 Å². The fourth-order valence-electron chi connectivity index (χ4n) is 3.98. The Morgan fingerprint density at radius 1 is 1.07 bits per heavy atom. The number of hydrogen-bond acceptors (Lipinski definition) is 5. The molecule has 1 amide bonds. The molecule has 0 bridgehead atoms. The molecular weight excluding hydrogens is 370 g/mol. The third-order valence-electron chi connectivity index (χ3n) is 5.61. The van der Waals surface area contributed by atoms with Gasteiger partial charge < -0.3 is 23.8 Å². The minimum absolute atomic E-state index is 0.0363. The smallest absolute Gasteiger partial charge is 0.355 e. The largest absolute Gasteiger partial charge is 0.495 e. The molecule has 3 rings (SSSR count). The average molecular weight is 399 g/mol. The van der Waals surface area contributed by atoms with Crippen LogP contribution >= 0.6 is 0 Å². The topological polar surface area (TPSA) is 64.0 Å². The van der Waals surface area contributed by atoms with Crippen LogP contribution in [0.1, 0.15) is 39.0 Å². The van der Waals surface area contributed by atoms with Crippen molar-refractivity contribution in [3.63, 3.8) is 0 Å². The van der Waals surface area contributed by atoms with Crippen LogP contribution in [0.2, 0.25) is 0 Å². The van der Waals surface area contributed by atoms with Crippen molar-refractivity contribution in [1.29, 1.82) is 0 Å². The van der Waals surface area contributed by atoms with E-state index in [1.807, 2.05) is 43.0 Å². The number of hydrogen-bond donors (Lipinski definition) is 0. The molecule has 7 nitrogen and oxygen atoms in total. The van der Waals surface area contributed by atoms with Crippen molar-refractivity contribution in [2.24, 2.45) is 7.05 Å². The monoisotopic (exact) mass is 399 g/mol. The molecule has 2 heterocycles. The second-order valence-electron chi connectivity index (χ2n) is 7.16. The van der Waals surface area contributed by atoms with Gasteiger partial charge in [-0.1, -0.05) is 12.1 Å². The number of aromatic nitrogens is 1. The fraction of sp³-hybridized carbons (Fsp3) is 0.455. The van der Waals surface area contributed by atoms with Crippen molar-refractivity contribution in [3.8, 4) is 5.75 Å². The maximum absolute atomic E-state index is 13.3. The van der Waals surface area contributed by atoms with Gasteiger partial charge in [-0.05, 0) is 38.5 Å². The van der Waals surface area contributed by atoms with Gasteiger partial charge in [-0.3, -0.25) is 4.79 Å². The number of esters is 1. The summed E-state index contributed by atoms with van der Waals surface area (Å²) in [5.74, 6) is 0.405. The zero-order chi connectivity index (χ0) is 21.1. The van der Waals surface area contributed by atoms with Crippen LogP contribution in [0.25, 0.3) is 0 Å². The first-order valence-corrected chi connectivity index (χ1v) is 9.90. The molecule has 7 heteroatoms. The van der Waals surface area contributed by atoms with Gasteiger partial charge >= 0.3 is 5.97 Å². The first-order chi connectivity index (χ1) is 13.9. The van der Waals surface area contributed by atoms with Crippen molar-refractivity contribution in [2.75, 3.05) is 44.8 Å². The number of ether oxygens (including phenoxy) is 2. The van der Waals surface area contributed by atoms with Gasteiger partial charge in [0.25, 0.3) is 5.91 Å². The van der Waals surface area contributed by atoms with E-state index >= 15 is 0 Å².